The number of unbranched alkanes of at least 4 members (excludes halogenated alkanes) is 1. The summed E-state index contributed by atoms with van der Waals surface area (Å²) in [5.74, 6) is 1.48. The Hall–Kier alpha value is -3.02. The molecule has 0 amide bonds. The van der Waals surface area contributed by atoms with Crippen LogP contribution in [0.1, 0.15) is 37.6 Å². The summed E-state index contributed by atoms with van der Waals surface area (Å²) in [6.45, 7) is 7.42. The second-order valence-corrected chi connectivity index (χ2v) is 8.05. The number of nitrogens with zero attached hydrogens (tertiary/aromatic N) is 7. The van der Waals surface area contributed by atoms with E-state index in [-0.39, 0.29) is 6.42 Å². The first-order valence-electron chi connectivity index (χ1n) is 11.2. The molecule has 0 aliphatic carbocycles. The van der Waals surface area contributed by atoms with E-state index >= 15 is 0 Å². The smallest absolute Gasteiger partial charge is 0.338 e. The minimum atomic E-state index is -4.16. The molecule has 0 atom stereocenters. The Balaban J connectivity index is 1.73. The summed E-state index contributed by atoms with van der Waals surface area (Å²) in [5.41, 5.74) is 2.94. The van der Waals surface area contributed by atoms with Crippen molar-refractivity contribution < 1.29 is 13.2 Å². The van der Waals surface area contributed by atoms with Crippen molar-refractivity contribution in [3.63, 3.8) is 0 Å². The Morgan fingerprint density at radius 3 is 2.61 bits per heavy atom. The molecule has 9 nitrogen and oxygen atoms in total. The standard InChI is InChI=1S/C21H28F3N9/c1-3-15-16-17(33(31-15)11-5-4-7-21(22,23)24)18(29-19-26-8-6-14(2)27-19)30-20(28-16)32-12-9-25-10-13-32/h6,8,25H,3-5,7,9-13H2,1-2H3,(H,26,27,28,29,30). The van der Waals surface area contributed by atoms with Crippen LogP contribution < -0.4 is 15.5 Å². The Morgan fingerprint density at radius 1 is 1.12 bits per heavy atom. The van der Waals surface area contributed by atoms with Crippen LogP contribution in [0.3, 0.4) is 0 Å². The minimum Gasteiger partial charge on any atom is -0.338 e. The van der Waals surface area contributed by atoms with Crippen LogP contribution >= 0.6 is 0 Å². The van der Waals surface area contributed by atoms with Gasteiger partial charge in [-0.05, 0) is 32.3 Å². The zero-order chi connectivity index (χ0) is 23.4. The highest BCUT2D eigenvalue weighted by atomic mass is 19.4. The molecule has 3 aromatic heterocycles. The van der Waals surface area contributed by atoms with E-state index < -0.39 is 12.6 Å². The number of fused-ring (bicyclic) bond motifs is 1. The molecule has 0 bridgehead atoms. The van der Waals surface area contributed by atoms with Gasteiger partial charge in [-0.3, -0.25) is 4.68 Å². The lowest BCUT2D eigenvalue weighted by Gasteiger charge is -2.27. The molecular formula is C21H28F3N9. The molecule has 1 fully saturated rings. The summed E-state index contributed by atoms with van der Waals surface area (Å²) in [6.07, 6.45) is -2.28. The summed E-state index contributed by atoms with van der Waals surface area (Å²) in [4.78, 5) is 20.4. The van der Waals surface area contributed by atoms with Crippen molar-refractivity contribution in [2.75, 3.05) is 36.4 Å². The molecular weight excluding hydrogens is 435 g/mol. The third-order valence-electron chi connectivity index (χ3n) is 5.49. The molecule has 2 N–H and O–H groups in total. The quantitative estimate of drug-likeness (QED) is 0.491. The van der Waals surface area contributed by atoms with Gasteiger partial charge in [0.2, 0.25) is 11.9 Å². The molecule has 1 aliphatic rings. The maximum absolute atomic E-state index is 12.6. The maximum Gasteiger partial charge on any atom is 0.389 e. The average molecular weight is 464 g/mol. The van der Waals surface area contributed by atoms with Crippen LogP contribution in [0.15, 0.2) is 12.3 Å². The molecule has 1 saturated heterocycles. The van der Waals surface area contributed by atoms with Gasteiger partial charge in [0.1, 0.15) is 11.0 Å². The van der Waals surface area contributed by atoms with Crippen molar-refractivity contribution in [1.29, 1.82) is 0 Å². The average Bonchev–Trinajstić information content (AvgIpc) is 3.15. The monoisotopic (exact) mass is 463 g/mol. The van der Waals surface area contributed by atoms with E-state index in [0.717, 1.165) is 37.6 Å². The number of hydrogen-bond donors (Lipinski definition) is 2. The summed E-state index contributed by atoms with van der Waals surface area (Å²) in [7, 11) is 0. The number of hydrogen-bond acceptors (Lipinski definition) is 8. The van der Waals surface area contributed by atoms with E-state index in [9.17, 15) is 13.2 Å². The molecule has 0 saturated carbocycles. The molecule has 33 heavy (non-hydrogen) atoms. The number of aryl methyl sites for hydroxylation is 3. The van der Waals surface area contributed by atoms with Gasteiger partial charge in [-0.25, -0.2) is 15.0 Å². The molecule has 3 aromatic rings. The van der Waals surface area contributed by atoms with Gasteiger partial charge in [-0.15, -0.1) is 0 Å². The summed E-state index contributed by atoms with van der Waals surface area (Å²) in [5, 5.41) is 11.2. The van der Waals surface area contributed by atoms with Crippen LogP contribution in [0, 0.1) is 6.92 Å². The first kappa shape index (κ1) is 23.1. The van der Waals surface area contributed by atoms with E-state index in [2.05, 4.69) is 30.6 Å². The van der Waals surface area contributed by atoms with Crippen LogP contribution in [0.25, 0.3) is 11.0 Å². The number of anilines is 3. The van der Waals surface area contributed by atoms with E-state index in [1.807, 2.05) is 13.8 Å². The summed E-state index contributed by atoms with van der Waals surface area (Å²) >= 11 is 0. The number of aromatic nitrogens is 6. The van der Waals surface area contributed by atoms with Crippen LogP contribution in [-0.2, 0) is 13.0 Å². The largest absolute Gasteiger partial charge is 0.389 e. The summed E-state index contributed by atoms with van der Waals surface area (Å²) in [6, 6.07) is 1.80. The lowest BCUT2D eigenvalue weighted by molar-refractivity contribution is -0.135. The van der Waals surface area contributed by atoms with Crippen molar-refractivity contribution in [2.45, 2.75) is 52.3 Å². The van der Waals surface area contributed by atoms with Gasteiger partial charge >= 0.3 is 6.18 Å². The number of rotatable bonds is 8. The first-order chi connectivity index (χ1) is 15.8. The Bertz CT molecular complexity index is 1090. The van der Waals surface area contributed by atoms with Crippen LogP contribution in [-0.4, -0.2) is 62.1 Å². The molecule has 0 unspecified atom stereocenters. The molecule has 4 heterocycles. The predicted molar refractivity (Wildman–Crippen MR) is 120 cm³/mol. The second-order valence-electron chi connectivity index (χ2n) is 8.05. The van der Waals surface area contributed by atoms with E-state index in [1.165, 1.54) is 0 Å². The Morgan fingerprint density at radius 2 is 1.91 bits per heavy atom. The topological polar surface area (TPSA) is 96.7 Å². The molecule has 178 valence electrons. The van der Waals surface area contributed by atoms with Crippen molar-refractivity contribution in [1.82, 2.24) is 35.0 Å². The number of nitrogens with one attached hydrogen (secondary N) is 2. The van der Waals surface area contributed by atoms with Gasteiger partial charge in [0.05, 0.1) is 5.69 Å². The van der Waals surface area contributed by atoms with Crippen LogP contribution in [0.5, 0.6) is 0 Å². The molecule has 1 aliphatic heterocycles. The molecule has 0 aromatic carbocycles. The summed E-state index contributed by atoms with van der Waals surface area (Å²) < 4.78 is 39.4. The molecule has 4 rings (SSSR count). The number of alkyl halides is 3. The van der Waals surface area contributed by atoms with E-state index in [0.29, 0.717) is 48.1 Å². The number of halogens is 3. The molecule has 0 spiro atoms. The lowest BCUT2D eigenvalue weighted by atomic mass is 10.2. The van der Waals surface area contributed by atoms with Crippen molar-refractivity contribution in [3.05, 3.63) is 23.7 Å². The van der Waals surface area contributed by atoms with E-state index in [1.54, 1.807) is 16.9 Å². The van der Waals surface area contributed by atoms with E-state index in [4.69, 9.17) is 9.97 Å². The van der Waals surface area contributed by atoms with Gasteiger partial charge in [-0.1, -0.05) is 6.92 Å². The maximum atomic E-state index is 12.6. The Kier molecular flexibility index (Phi) is 6.91. The number of piperazine rings is 1. The Labute approximate surface area is 189 Å². The van der Waals surface area contributed by atoms with Crippen molar-refractivity contribution >= 4 is 28.7 Å². The van der Waals surface area contributed by atoms with Gasteiger partial charge in [0, 0.05) is 51.0 Å². The highest BCUT2D eigenvalue weighted by Gasteiger charge is 2.26. The normalized spacial score (nSPS) is 14.8. The lowest BCUT2D eigenvalue weighted by Crippen LogP contribution is -2.44. The third kappa shape index (κ3) is 5.67. The molecule has 0 radical (unpaired) electrons. The fourth-order valence-corrected chi connectivity index (χ4v) is 3.83. The SMILES string of the molecule is CCc1nn(CCCCC(F)(F)F)c2c(Nc3nccc(C)n3)nc(N3CCNCC3)nc12. The van der Waals surface area contributed by atoms with Crippen LogP contribution in [0.2, 0.25) is 0 Å². The second kappa shape index (κ2) is 9.86. The third-order valence-corrected chi connectivity index (χ3v) is 5.49. The highest BCUT2D eigenvalue weighted by Crippen LogP contribution is 2.29. The van der Waals surface area contributed by atoms with Gasteiger partial charge in [0.15, 0.2) is 5.82 Å². The minimum absolute atomic E-state index is 0.0375. The van der Waals surface area contributed by atoms with Gasteiger partial charge in [0.25, 0.3) is 0 Å². The fraction of sp³-hybridized carbons (Fsp3) is 0.571. The van der Waals surface area contributed by atoms with Crippen LogP contribution in [0.4, 0.5) is 30.9 Å². The molecule has 12 heteroatoms. The predicted octanol–water partition coefficient (Wildman–Crippen LogP) is 3.37. The highest BCUT2D eigenvalue weighted by molar-refractivity contribution is 5.90. The van der Waals surface area contributed by atoms with Gasteiger partial charge < -0.3 is 15.5 Å². The zero-order valence-electron chi connectivity index (χ0n) is 18.8. The first-order valence-corrected chi connectivity index (χ1v) is 11.2. The van der Waals surface area contributed by atoms with Crippen molar-refractivity contribution in [3.8, 4) is 0 Å². The fourth-order valence-electron chi connectivity index (χ4n) is 3.83. The van der Waals surface area contributed by atoms with Gasteiger partial charge in [-0.2, -0.15) is 23.3 Å². The zero-order valence-corrected chi connectivity index (χ0v) is 18.8. The van der Waals surface area contributed by atoms with Crippen molar-refractivity contribution in [2.24, 2.45) is 0 Å².